The molecule has 0 aliphatic heterocycles. The van der Waals surface area contributed by atoms with Crippen LogP contribution in [0.3, 0.4) is 0 Å². The molecule has 1 aromatic heterocycles. The highest BCUT2D eigenvalue weighted by Crippen LogP contribution is 2.20. The number of carbonyl (C=O) groups is 1. The minimum absolute atomic E-state index is 0.0116. The number of aromatic nitrogens is 2. The third kappa shape index (κ3) is 5.26. The predicted molar refractivity (Wildman–Crippen MR) is 121 cm³/mol. The smallest absolute Gasteiger partial charge is 0.243 e. The van der Waals surface area contributed by atoms with Crippen LogP contribution in [0.1, 0.15) is 42.3 Å². The van der Waals surface area contributed by atoms with Gasteiger partial charge in [-0.25, -0.2) is 4.98 Å². The molecule has 1 heterocycles. The standard InChI is InChI=1S/C23H28N6O/c1-15(2)17-7-9-19(10-8-17)28-22(30)13-29(12-21-16(3)26-14-27-21)20-6-4-5-18(11-20)23(24)25/h4-11,14-15H,12-13H2,1-3H3,(H3,24,25)(H,26,27)(H,28,30). The minimum atomic E-state index is -0.131. The van der Waals surface area contributed by atoms with Crippen molar-refractivity contribution >= 4 is 23.1 Å². The number of amides is 1. The van der Waals surface area contributed by atoms with Gasteiger partial charge in [0.2, 0.25) is 5.91 Å². The van der Waals surface area contributed by atoms with Crippen LogP contribution in [-0.4, -0.2) is 28.3 Å². The summed E-state index contributed by atoms with van der Waals surface area (Å²) < 4.78 is 0. The normalized spacial score (nSPS) is 10.8. The van der Waals surface area contributed by atoms with Gasteiger partial charge in [0.25, 0.3) is 0 Å². The number of nitrogens with zero attached hydrogens (tertiary/aromatic N) is 2. The molecule has 30 heavy (non-hydrogen) atoms. The van der Waals surface area contributed by atoms with Gasteiger partial charge < -0.3 is 20.9 Å². The zero-order chi connectivity index (χ0) is 21.7. The van der Waals surface area contributed by atoms with Gasteiger partial charge in [-0.1, -0.05) is 38.1 Å². The summed E-state index contributed by atoms with van der Waals surface area (Å²) in [6, 6.07) is 15.2. The molecule has 2 aromatic carbocycles. The fourth-order valence-corrected chi connectivity index (χ4v) is 3.16. The molecule has 7 nitrogen and oxygen atoms in total. The van der Waals surface area contributed by atoms with E-state index in [-0.39, 0.29) is 18.3 Å². The maximum Gasteiger partial charge on any atom is 0.243 e. The summed E-state index contributed by atoms with van der Waals surface area (Å²) in [5, 5.41) is 10.7. The van der Waals surface area contributed by atoms with E-state index in [1.807, 2.05) is 54.3 Å². The number of imidazole rings is 1. The van der Waals surface area contributed by atoms with E-state index in [0.717, 1.165) is 22.8 Å². The molecule has 0 aliphatic carbocycles. The summed E-state index contributed by atoms with van der Waals surface area (Å²) in [6.07, 6.45) is 1.64. The Labute approximate surface area is 176 Å². The van der Waals surface area contributed by atoms with Crippen LogP contribution in [0.25, 0.3) is 0 Å². The Bertz CT molecular complexity index is 1020. The van der Waals surface area contributed by atoms with Gasteiger partial charge in [0.1, 0.15) is 5.84 Å². The van der Waals surface area contributed by atoms with Gasteiger partial charge in [0.15, 0.2) is 0 Å². The number of hydrogen-bond donors (Lipinski definition) is 4. The van der Waals surface area contributed by atoms with Gasteiger partial charge in [0, 0.05) is 22.6 Å². The van der Waals surface area contributed by atoms with Crippen molar-refractivity contribution in [1.82, 2.24) is 9.97 Å². The van der Waals surface area contributed by atoms with Crippen molar-refractivity contribution in [3.05, 3.63) is 77.4 Å². The van der Waals surface area contributed by atoms with Crippen molar-refractivity contribution < 1.29 is 4.79 Å². The SMILES string of the molecule is Cc1[nH]cnc1CN(CC(=O)Nc1ccc(C(C)C)cc1)c1cccc(C(=N)N)c1. The Morgan fingerprint density at radius 1 is 1.23 bits per heavy atom. The molecule has 156 valence electrons. The van der Waals surface area contributed by atoms with Crippen LogP contribution in [0.15, 0.2) is 54.9 Å². The van der Waals surface area contributed by atoms with Crippen molar-refractivity contribution in [1.29, 1.82) is 5.41 Å². The number of rotatable bonds is 8. The average molecular weight is 405 g/mol. The zero-order valence-electron chi connectivity index (χ0n) is 17.6. The number of nitrogen functional groups attached to an aromatic ring is 1. The topological polar surface area (TPSA) is 111 Å². The number of amidine groups is 1. The van der Waals surface area contributed by atoms with Crippen LogP contribution in [0, 0.1) is 12.3 Å². The summed E-state index contributed by atoms with van der Waals surface area (Å²) in [7, 11) is 0. The zero-order valence-corrected chi connectivity index (χ0v) is 17.6. The lowest BCUT2D eigenvalue weighted by molar-refractivity contribution is -0.115. The number of carbonyl (C=O) groups excluding carboxylic acids is 1. The largest absolute Gasteiger partial charge is 0.384 e. The van der Waals surface area contributed by atoms with E-state index in [0.29, 0.717) is 18.0 Å². The number of nitrogens with two attached hydrogens (primary N) is 1. The van der Waals surface area contributed by atoms with E-state index in [1.54, 1.807) is 12.4 Å². The third-order valence-corrected chi connectivity index (χ3v) is 4.99. The van der Waals surface area contributed by atoms with Crippen LogP contribution in [0.5, 0.6) is 0 Å². The van der Waals surface area contributed by atoms with Gasteiger partial charge in [0.05, 0.1) is 25.1 Å². The molecule has 0 saturated carbocycles. The lowest BCUT2D eigenvalue weighted by Gasteiger charge is -2.24. The van der Waals surface area contributed by atoms with E-state index < -0.39 is 0 Å². The molecule has 0 unspecified atom stereocenters. The summed E-state index contributed by atoms with van der Waals surface area (Å²) in [5.74, 6) is 0.298. The Morgan fingerprint density at radius 2 is 1.97 bits per heavy atom. The highest BCUT2D eigenvalue weighted by atomic mass is 16.2. The van der Waals surface area contributed by atoms with Crippen LogP contribution in [-0.2, 0) is 11.3 Å². The van der Waals surface area contributed by atoms with Crippen molar-refractivity contribution in [3.63, 3.8) is 0 Å². The van der Waals surface area contributed by atoms with Gasteiger partial charge in [-0.05, 0) is 42.7 Å². The lowest BCUT2D eigenvalue weighted by Crippen LogP contribution is -2.33. The van der Waals surface area contributed by atoms with Crippen LogP contribution in [0.2, 0.25) is 0 Å². The van der Waals surface area contributed by atoms with E-state index >= 15 is 0 Å². The molecule has 0 atom stereocenters. The minimum Gasteiger partial charge on any atom is -0.384 e. The maximum atomic E-state index is 12.8. The molecule has 0 bridgehead atoms. The number of H-pyrrole nitrogens is 1. The van der Waals surface area contributed by atoms with E-state index in [1.165, 1.54) is 5.56 Å². The molecule has 5 N–H and O–H groups in total. The molecule has 0 spiro atoms. The molecule has 3 aromatic rings. The second-order valence-corrected chi connectivity index (χ2v) is 7.62. The predicted octanol–water partition coefficient (Wildman–Crippen LogP) is 3.77. The summed E-state index contributed by atoms with van der Waals surface area (Å²) in [4.78, 5) is 22.2. The van der Waals surface area contributed by atoms with Crippen LogP contribution < -0.4 is 16.0 Å². The molecule has 0 saturated heterocycles. The summed E-state index contributed by atoms with van der Waals surface area (Å²) in [6.45, 7) is 6.81. The lowest BCUT2D eigenvalue weighted by atomic mass is 10.0. The number of aryl methyl sites for hydroxylation is 1. The van der Waals surface area contributed by atoms with E-state index in [9.17, 15) is 4.79 Å². The molecule has 0 aliphatic rings. The quantitative estimate of drug-likeness (QED) is 0.338. The average Bonchev–Trinajstić information content (AvgIpc) is 3.12. The molecular weight excluding hydrogens is 376 g/mol. The number of benzene rings is 2. The Hall–Kier alpha value is -3.61. The molecule has 3 rings (SSSR count). The monoisotopic (exact) mass is 404 g/mol. The highest BCUT2D eigenvalue weighted by molar-refractivity contribution is 5.97. The third-order valence-electron chi connectivity index (χ3n) is 4.99. The second kappa shape index (κ2) is 9.26. The Morgan fingerprint density at radius 3 is 2.57 bits per heavy atom. The van der Waals surface area contributed by atoms with Crippen molar-refractivity contribution in [2.24, 2.45) is 5.73 Å². The van der Waals surface area contributed by atoms with E-state index in [2.05, 4.69) is 29.1 Å². The Balaban J connectivity index is 1.79. The fraction of sp³-hybridized carbons (Fsp3) is 0.261. The summed E-state index contributed by atoms with van der Waals surface area (Å²) >= 11 is 0. The molecule has 7 heteroatoms. The second-order valence-electron chi connectivity index (χ2n) is 7.62. The highest BCUT2D eigenvalue weighted by Gasteiger charge is 2.16. The molecule has 1 amide bonds. The van der Waals surface area contributed by atoms with Gasteiger partial charge in [-0.3, -0.25) is 10.2 Å². The summed E-state index contributed by atoms with van der Waals surface area (Å²) in [5.41, 5.74) is 10.9. The molecular formula is C23H28N6O. The first kappa shape index (κ1) is 21.1. The van der Waals surface area contributed by atoms with E-state index in [4.69, 9.17) is 11.1 Å². The van der Waals surface area contributed by atoms with Gasteiger partial charge >= 0.3 is 0 Å². The number of anilines is 2. The first-order valence-corrected chi connectivity index (χ1v) is 9.91. The van der Waals surface area contributed by atoms with Crippen molar-refractivity contribution in [2.75, 3.05) is 16.8 Å². The first-order valence-electron chi connectivity index (χ1n) is 9.91. The molecule has 0 fully saturated rings. The fourth-order valence-electron chi connectivity index (χ4n) is 3.16. The number of nitrogens with one attached hydrogen (secondary N) is 3. The van der Waals surface area contributed by atoms with Crippen LogP contribution in [0.4, 0.5) is 11.4 Å². The first-order chi connectivity index (χ1) is 14.3. The van der Waals surface area contributed by atoms with Gasteiger partial charge in [-0.15, -0.1) is 0 Å². The van der Waals surface area contributed by atoms with Gasteiger partial charge in [-0.2, -0.15) is 0 Å². The Kier molecular flexibility index (Phi) is 6.51. The number of hydrogen-bond acceptors (Lipinski definition) is 4. The van der Waals surface area contributed by atoms with Crippen molar-refractivity contribution in [3.8, 4) is 0 Å². The maximum absolute atomic E-state index is 12.8. The van der Waals surface area contributed by atoms with Crippen molar-refractivity contribution in [2.45, 2.75) is 33.2 Å². The molecule has 0 radical (unpaired) electrons. The number of aromatic amines is 1. The van der Waals surface area contributed by atoms with Crippen LogP contribution >= 0.6 is 0 Å².